The zero-order valence-electron chi connectivity index (χ0n) is 14.0. The van der Waals surface area contributed by atoms with E-state index in [2.05, 4.69) is 5.32 Å². The molecule has 0 aromatic carbocycles. The molecule has 0 aromatic rings. The largest absolute Gasteiger partial charge is 0.341 e. The van der Waals surface area contributed by atoms with Gasteiger partial charge in [0.2, 0.25) is 11.8 Å². The molecule has 6 heteroatoms. The topological polar surface area (TPSA) is 52.7 Å². The first-order chi connectivity index (χ1) is 10.7. The summed E-state index contributed by atoms with van der Waals surface area (Å²) in [6.07, 6.45) is 7.62. The van der Waals surface area contributed by atoms with Gasteiger partial charge in [0.1, 0.15) is 0 Å². The number of amides is 2. The smallest absolute Gasteiger partial charge is 0.227 e. The lowest BCUT2D eigenvalue weighted by atomic mass is 10.0. The number of carbonyl (C=O) groups is 2. The molecule has 2 heterocycles. The van der Waals surface area contributed by atoms with E-state index in [1.807, 2.05) is 9.80 Å². The maximum Gasteiger partial charge on any atom is 0.227 e. The summed E-state index contributed by atoms with van der Waals surface area (Å²) in [5, 5.41) is 3.26. The molecule has 1 saturated carbocycles. The van der Waals surface area contributed by atoms with E-state index in [0.717, 1.165) is 52.0 Å². The fourth-order valence-corrected chi connectivity index (χ4v) is 4.10. The van der Waals surface area contributed by atoms with Crippen LogP contribution >= 0.6 is 12.4 Å². The number of nitrogens with zero attached hydrogens (tertiary/aromatic N) is 2. The standard InChI is InChI=1S/C17H29N3O2.ClH/c21-16(12-14-4-1-2-5-14)19-8-3-9-20(11-10-19)17(22)15-6-7-18-13-15;/h14-15,18H,1-13H2;1H. The Hall–Kier alpha value is -0.810. The average Bonchev–Trinajstić information content (AvgIpc) is 3.16. The van der Waals surface area contributed by atoms with Crippen molar-refractivity contribution in [3.05, 3.63) is 0 Å². The zero-order chi connectivity index (χ0) is 15.4. The van der Waals surface area contributed by atoms with E-state index in [-0.39, 0.29) is 24.2 Å². The van der Waals surface area contributed by atoms with Gasteiger partial charge in [0.05, 0.1) is 5.92 Å². The van der Waals surface area contributed by atoms with Crippen molar-refractivity contribution < 1.29 is 9.59 Å². The molecule has 2 saturated heterocycles. The molecule has 5 nitrogen and oxygen atoms in total. The molecular weight excluding hydrogens is 314 g/mol. The molecule has 132 valence electrons. The van der Waals surface area contributed by atoms with Crippen LogP contribution < -0.4 is 5.32 Å². The molecule has 2 aliphatic heterocycles. The second kappa shape index (κ2) is 8.88. The summed E-state index contributed by atoms with van der Waals surface area (Å²) in [6, 6.07) is 0. The van der Waals surface area contributed by atoms with Crippen LogP contribution in [0, 0.1) is 11.8 Å². The second-order valence-corrected chi connectivity index (χ2v) is 7.10. The highest BCUT2D eigenvalue weighted by molar-refractivity contribution is 5.85. The molecule has 0 radical (unpaired) electrons. The Morgan fingerprint density at radius 1 is 0.913 bits per heavy atom. The predicted molar refractivity (Wildman–Crippen MR) is 92.6 cm³/mol. The minimum Gasteiger partial charge on any atom is -0.341 e. The van der Waals surface area contributed by atoms with Crippen LogP contribution in [0.3, 0.4) is 0 Å². The van der Waals surface area contributed by atoms with Gasteiger partial charge in [0, 0.05) is 39.1 Å². The Bertz CT molecular complexity index is 407. The highest BCUT2D eigenvalue weighted by Crippen LogP contribution is 2.28. The molecule has 3 rings (SSSR count). The van der Waals surface area contributed by atoms with Crippen molar-refractivity contribution >= 4 is 24.2 Å². The Labute approximate surface area is 145 Å². The maximum absolute atomic E-state index is 12.5. The average molecular weight is 344 g/mol. The first-order valence-corrected chi connectivity index (χ1v) is 9.01. The van der Waals surface area contributed by atoms with Gasteiger partial charge in [0.25, 0.3) is 0 Å². The monoisotopic (exact) mass is 343 g/mol. The molecule has 1 atom stereocenters. The Balaban J connectivity index is 0.00000192. The van der Waals surface area contributed by atoms with Crippen molar-refractivity contribution in [2.24, 2.45) is 11.8 Å². The third-order valence-electron chi connectivity index (χ3n) is 5.51. The molecule has 3 aliphatic rings. The van der Waals surface area contributed by atoms with Gasteiger partial charge in [-0.25, -0.2) is 0 Å². The van der Waals surface area contributed by atoms with Crippen LogP contribution in [0.15, 0.2) is 0 Å². The van der Waals surface area contributed by atoms with Crippen LogP contribution in [-0.2, 0) is 9.59 Å². The minimum absolute atomic E-state index is 0. The van der Waals surface area contributed by atoms with Crippen molar-refractivity contribution in [2.45, 2.75) is 44.9 Å². The summed E-state index contributed by atoms with van der Waals surface area (Å²) in [7, 11) is 0. The highest BCUT2D eigenvalue weighted by atomic mass is 35.5. The van der Waals surface area contributed by atoms with E-state index < -0.39 is 0 Å². The van der Waals surface area contributed by atoms with Crippen LogP contribution in [0.1, 0.15) is 44.9 Å². The fourth-order valence-electron chi connectivity index (χ4n) is 4.10. The van der Waals surface area contributed by atoms with Crippen molar-refractivity contribution in [1.82, 2.24) is 15.1 Å². The molecule has 0 aromatic heterocycles. The van der Waals surface area contributed by atoms with Gasteiger partial charge in [-0.2, -0.15) is 0 Å². The summed E-state index contributed by atoms with van der Waals surface area (Å²) in [5.41, 5.74) is 0. The Morgan fingerprint density at radius 2 is 1.61 bits per heavy atom. The van der Waals surface area contributed by atoms with Crippen molar-refractivity contribution in [1.29, 1.82) is 0 Å². The van der Waals surface area contributed by atoms with Gasteiger partial charge in [0.15, 0.2) is 0 Å². The third kappa shape index (κ3) is 4.83. The predicted octanol–water partition coefficient (Wildman–Crippen LogP) is 1.66. The minimum atomic E-state index is 0. The van der Waals surface area contributed by atoms with Crippen molar-refractivity contribution in [3.63, 3.8) is 0 Å². The van der Waals surface area contributed by atoms with Crippen molar-refractivity contribution in [2.75, 3.05) is 39.3 Å². The second-order valence-electron chi connectivity index (χ2n) is 7.10. The fraction of sp³-hybridized carbons (Fsp3) is 0.882. The summed E-state index contributed by atoms with van der Waals surface area (Å²) < 4.78 is 0. The Morgan fingerprint density at radius 3 is 2.30 bits per heavy atom. The number of halogens is 1. The molecule has 1 unspecified atom stereocenters. The lowest BCUT2D eigenvalue weighted by Gasteiger charge is -2.25. The maximum atomic E-state index is 12.5. The lowest BCUT2D eigenvalue weighted by Crippen LogP contribution is -2.40. The molecule has 3 fully saturated rings. The van der Waals surface area contributed by atoms with Crippen LogP contribution in [0.25, 0.3) is 0 Å². The van der Waals surface area contributed by atoms with Crippen LogP contribution in [0.4, 0.5) is 0 Å². The van der Waals surface area contributed by atoms with Gasteiger partial charge in [-0.3, -0.25) is 9.59 Å². The quantitative estimate of drug-likeness (QED) is 0.848. The number of carbonyl (C=O) groups excluding carboxylic acids is 2. The third-order valence-corrected chi connectivity index (χ3v) is 5.51. The zero-order valence-corrected chi connectivity index (χ0v) is 14.8. The van der Waals surface area contributed by atoms with Crippen molar-refractivity contribution in [3.8, 4) is 0 Å². The first-order valence-electron chi connectivity index (χ1n) is 9.01. The molecule has 0 bridgehead atoms. The number of nitrogens with one attached hydrogen (secondary N) is 1. The van der Waals surface area contributed by atoms with E-state index in [1.54, 1.807) is 0 Å². The summed E-state index contributed by atoms with van der Waals surface area (Å²) >= 11 is 0. The highest BCUT2D eigenvalue weighted by Gasteiger charge is 2.29. The van der Waals surface area contributed by atoms with E-state index in [0.29, 0.717) is 18.4 Å². The number of rotatable bonds is 3. The van der Waals surface area contributed by atoms with Crippen LogP contribution in [0.5, 0.6) is 0 Å². The SMILES string of the molecule is Cl.O=C(CC1CCCC1)N1CCCN(C(=O)C2CCNC2)CC1. The van der Waals surface area contributed by atoms with E-state index in [1.165, 1.54) is 25.7 Å². The Kier molecular flexibility index (Phi) is 7.15. The summed E-state index contributed by atoms with van der Waals surface area (Å²) in [5.74, 6) is 1.36. The van der Waals surface area contributed by atoms with E-state index in [4.69, 9.17) is 0 Å². The van der Waals surface area contributed by atoms with Gasteiger partial charge >= 0.3 is 0 Å². The van der Waals surface area contributed by atoms with Gasteiger partial charge in [-0.15, -0.1) is 12.4 Å². The van der Waals surface area contributed by atoms with E-state index in [9.17, 15) is 9.59 Å². The number of hydrogen-bond acceptors (Lipinski definition) is 3. The summed E-state index contributed by atoms with van der Waals surface area (Å²) in [4.78, 5) is 28.9. The normalized spacial score (nSPS) is 26.0. The summed E-state index contributed by atoms with van der Waals surface area (Å²) in [6.45, 7) is 4.83. The van der Waals surface area contributed by atoms with Gasteiger partial charge < -0.3 is 15.1 Å². The lowest BCUT2D eigenvalue weighted by molar-refractivity contribution is -0.136. The molecular formula is C17H30ClN3O2. The molecule has 1 aliphatic carbocycles. The first kappa shape index (κ1) is 18.5. The molecule has 0 spiro atoms. The number of hydrogen-bond donors (Lipinski definition) is 1. The van der Waals surface area contributed by atoms with Gasteiger partial charge in [-0.05, 0) is 38.1 Å². The molecule has 1 N–H and O–H groups in total. The van der Waals surface area contributed by atoms with Gasteiger partial charge in [-0.1, -0.05) is 12.8 Å². The van der Waals surface area contributed by atoms with Crippen LogP contribution in [-0.4, -0.2) is 60.9 Å². The van der Waals surface area contributed by atoms with Crippen LogP contribution in [0.2, 0.25) is 0 Å². The molecule has 2 amide bonds. The molecule has 23 heavy (non-hydrogen) atoms. The van der Waals surface area contributed by atoms with E-state index >= 15 is 0 Å².